The molecule has 1 heterocycles. The van der Waals surface area contributed by atoms with E-state index in [0.717, 1.165) is 10.3 Å². The molecule has 110 valence electrons. The Labute approximate surface area is 137 Å². The van der Waals surface area contributed by atoms with E-state index in [1.165, 1.54) is 15.5 Å². The largest absolute Gasteiger partial charge is 0.277 e. The summed E-state index contributed by atoms with van der Waals surface area (Å²) in [6.07, 6.45) is 1.61. The van der Waals surface area contributed by atoms with Crippen LogP contribution in [0.5, 0.6) is 0 Å². The van der Waals surface area contributed by atoms with Crippen molar-refractivity contribution in [2.45, 2.75) is 0 Å². The number of fused-ring (bicyclic) bond motifs is 3. The molecule has 3 aromatic carbocycles. The molecule has 0 unspecified atom stereocenters. The van der Waals surface area contributed by atoms with Crippen molar-refractivity contribution in [1.82, 2.24) is 0 Å². The van der Waals surface area contributed by atoms with E-state index in [-0.39, 0.29) is 5.91 Å². The second kappa shape index (κ2) is 5.78. The Hall–Kier alpha value is -2.78. The first-order valence-corrected chi connectivity index (χ1v) is 8.18. The Kier molecular flexibility index (Phi) is 3.48. The van der Waals surface area contributed by atoms with Gasteiger partial charge in [0.25, 0.3) is 5.91 Å². The van der Waals surface area contributed by atoms with Crippen LogP contribution in [0.2, 0.25) is 0 Å². The van der Waals surface area contributed by atoms with Gasteiger partial charge in [-0.2, -0.15) is 0 Å². The van der Waals surface area contributed by atoms with Crippen LogP contribution in [0.25, 0.3) is 20.2 Å². The van der Waals surface area contributed by atoms with Crippen LogP contribution in [0.4, 0.5) is 0 Å². The number of nitrogens with zero attached hydrogens (tertiary/aromatic N) is 1. The highest BCUT2D eigenvalue weighted by Gasteiger charge is 2.08. The summed E-state index contributed by atoms with van der Waals surface area (Å²) < 4.78 is 2.35. The van der Waals surface area contributed by atoms with Gasteiger partial charge in [0.05, 0.1) is 0 Å². The third-order valence-corrected chi connectivity index (χ3v) is 4.89. The van der Waals surface area contributed by atoms with E-state index in [1.54, 1.807) is 17.6 Å². The van der Waals surface area contributed by atoms with Gasteiger partial charge in [-0.25, -0.2) is 4.99 Å². The van der Waals surface area contributed by atoms with Gasteiger partial charge >= 0.3 is 0 Å². The maximum Gasteiger partial charge on any atom is 0.277 e. The highest BCUT2D eigenvalue weighted by atomic mass is 32.1. The number of hydrogen-bond donors (Lipinski definition) is 0. The number of carbonyl (C=O) groups excluding carboxylic acids is 1. The first-order chi connectivity index (χ1) is 11.3. The number of hydrogen-bond acceptors (Lipinski definition) is 2. The monoisotopic (exact) mass is 315 g/mol. The highest BCUT2D eigenvalue weighted by Crippen LogP contribution is 2.34. The highest BCUT2D eigenvalue weighted by molar-refractivity contribution is 7.25. The number of aliphatic imine (C=N–C) groups is 1. The summed E-state index contributed by atoms with van der Waals surface area (Å²) in [6.45, 7) is 0. The maximum absolute atomic E-state index is 12.3. The lowest BCUT2D eigenvalue weighted by atomic mass is 10.1. The van der Waals surface area contributed by atoms with Crippen LogP contribution in [0.1, 0.15) is 15.9 Å². The van der Waals surface area contributed by atoms with Gasteiger partial charge < -0.3 is 0 Å². The zero-order chi connectivity index (χ0) is 15.6. The van der Waals surface area contributed by atoms with Crippen LogP contribution in [-0.4, -0.2) is 12.1 Å². The molecular weight excluding hydrogens is 302 g/mol. The summed E-state index contributed by atoms with van der Waals surface area (Å²) in [5, 5.41) is 2.42. The van der Waals surface area contributed by atoms with Crippen molar-refractivity contribution in [3.63, 3.8) is 0 Å². The molecule has 0 saturated heterocycles. The lowest BCUT2D eigenvalue weighted by Crippen LogP contribution is -1.95. The Morgan fingerprint density at radius 1 is 0.826 bits per heavy atom. The third-order valence-electron chi connectivity index (χ3n) is 3.76. The molecule has 1 amide bonds. The SMILES string of the molecule is O=C(/N=C/c1ccccc1)c1ccc2c(c1)sc1ccccc12. The van der Waals surface area contributed by atoms with Gasteiger partial charge in [0.15, 0.2) is 0 Å². The zero-order valence-corrected chi connectivity index (χ0v) is 13.1. The Morgan fingerprint density at radius 3 is 2.43 bits per heavy atom. The smallest absolute Gasteiger partial charge is 0.267 e. The molecule has 0 fully saturated rings. The minimum atomic E-state index is -0.215. The summed E-state index contributed by atoms with van der Waals surface area (Å²) in [7, 11) is 0. The van der Waals surface area contributed by atoms with E-state index < -0.39 is 0 Å². The topological polar surface area (TPSA) is 29.4 Å². The average molecular weight is 315 g/mol. The molecule has 23 heavy (non-hydrogen) atoms. The van der Waals surface area contributed by atoms with E-state index in [9.17, 15) is 4.79 Å². The van der Waals surface area contributed by atoms with E-state index in [0.29, 0.717) is 5.56 Å². The van der Waals surface area contributed by atoms with Gasteiger partial charge in [-0.3, -0.25) is 4.79 Å². The van der Waals surface area contributed by atoms with Crippen LogP contribution in [0.15, 0.2) is 77.8 Å². The maximum atomic E-state index is 12.3. The number of amides is 1. The standard InChI is InChI=1S/C20H13NOS/c22-20(21-13-14-6-2-1-3-7-14)15-10-11-17-16-8-4-5-9-18(16)23-19(17)12-15/h1-13H/b21-13+. The molecule has 0 N–H and O–H groups in total. The van der Waals surface area contributed by atoms with E-state index in [1.807, 2.05) is 60.7 Å². The first-order valence-electron chi connectivity index (χ1n) is 7.36. The molecule has 0 spiro atoms. The van der Waals surface area contributed by atoms with Gasteiger partial charge in [-0.15, -0.1) is 11.3 Å². The second-order valence-corrected chi connectivity index (χ2v) is 6.37. The van der Waals surface area contributed by atoms with Crippen molar-refractivity contribution in [3.8, 4) is 0 Å². The van der Waals surface area contributed by atoms with Gasteiger partial charge in [-0.1, -0.05) is 54.6 Å². The fourth-order valence-corrected chi connectivity index (χ4v) is 3.75. The lowest BCUT2D eigenvalue weighted by Gasteiger charge is -1.97. The molecule has 0 saturated carbocycles. The first kappa shape index (κ1) is 13.9. The molecule has 1 aromatic heterocycles. The summed E-state index contributed by atoms with van der Waals surface area (Å²) in [4.78, 5) is 16.3. The number of rotatable bonds is 2. The summed E-state index contributed by atoms with van der Waals surface area (Å²) in [5.74, 6) is -0.215. The number of benzene rings is 3. The molecule has 0 bridgehead atoms. The predicted octanol–water partition coefficient (Wildman–Crippen LogP) is 5.31. The van der Waals surface area contributed by atoms with Crippen LogP contribution in [-0.2, 0) is 0 Å². The molecule has 3 heteroatoms. The molecule has 0 radical (unpaired) electrons. The van der Waals surface area contributed by atoms with E-state index in [2.05, 4.69) is 17.1 Å². The van der Waals surface area contributed by atoms with Crippen LogP contribution >= 0.6 is 11.3 Å². The lowest BCUT2D eigenvalue weighted by molar-refractivity contribution is 0.100. The van der Waals surface area contributed by atoms with Crippen molar-refractivity contribution in [1.29, 1.82) is 0 Å². The molecule has 0 atom stereocenters. The average Bonchev–Trinajstić information content (AvgIpc) is 2.98. The Morgan fingerprint density at radius 2 is 1.57 bits per heavy atom. The van der Waals surface area contributed by atoms with Gasteiger partial charge in [0, 0.05) is 32.0 Å². The molecule has 0 aliphatic heterocycles. The summed E-state index contributed by atoms with van der Waals surface area (Å²) >= 11 is 1.70. The molecular formula is C20H13NOS. The Bertz CT molecular complexity index is 1030. The quantitative estimate of drug-likeness (QED) is 0.461. The van der Waals surface area contributed by atoms with Crippen molar-refractivity contribution in [2.75, 3.05) is 0 Å². The fourth-order valence-electron chi connectivity index (χ4n) is 2.61. The van der Waals surface area contributed by atoms with Crippen molar-refractivity contribution in [2.24, 2.45) is 4.99 Å². The Balaban J connectivity index is 1.70. The van der Waals surface area contributed by atoms with Crippen LogP contribution in [0, 0.1) is 0 Å². The zero-order valence-electron chi connectivity index (χ0n) is 12.3. The molecule has 0 aliphatic carbocycles. The van der Waals surface area contributed by atoms with Crippen molar-refractivity contribution < 1.29 is 4.79 Å². The van der Waals surface area contributed by atoms with Gasteiger partial charge in [0.2, 0.25) is 0 Å². The number of carbonyl (C=O) groups is 1. The minimum absolute atomic E-state index is 0.215. The summed E-state index contributed by atoms with van der Waals surface area (Å²) in [6, 6.07) is 23.7. The van der Waals surface area contributed by atoms with Crippen molar-refractivity contribution in [3.05, 3.63) is 83.9 Å². The van der Waals surface area contributed by atoms with Crippen molar-refractivity contribution >= 4 is 43.6 Å². The van der Waals surface area contributed by atoms with Gasteiger partial charge in [-0.05, 0) is 23.8 Å². The normalized spacial score (nSPS) is 11.5. The van der Waals surface area contributed by atoms with E-state index >= 15 is 0 Å². The van der Waals surface area contributed by atoms with Crippen LogP contribution in [0.3, 0.4) is 0 Å². The van der Waals surface area contributed by atoms with Gasteiger partial charge in [0.1, 0.15) is 0 Å². The predicted molar refractivity (Wildman–Crippen MR) is 97.7 cm³/mol. The molecule has 4 aromatic rings. The molecule has 2 nitrogen and oxygen atoms in total. The minimum Gasteiger partial charge on any atom is -0.267 e. The molecule has 4 rings (SSSR count). The van der Waals surface area contributed by atoms with E-state index in [4.69, 9.17) is 0 Å². The van der Waals surface area contributed by atoms with Crippen LogP contribution < -0.4 is 0 Å². The fraction of sp³-hybridized carbons (Fsp3) is 0. The number of thiophene rings is 1. The molecule has 0 aliphatic rings. The summed E-state index contributed by atoms with van der Waals surface area (Å²) in [5.41, 5.74) is 1.54. The second-order valence-electron chi connectivity index (χ2n) is 5.28. The third kappa shape index (κ3) is 2.67.